The second-order valence-corrected chi connectivity index (χ2v) is 3.72. The summed E-state index contributed by atoms with van der Waals surface area (Å²) in [5.74, 6) is 0.404. The van der Waals surface area contributed by atoms with Gasteiger partial charge in [0.1, 0.15) is 11.6 Å². The third-order valence-electron chi connectivity index (χ3n) is 2.45. The molecule has 1 aromatic carbocycles. The molecule has 0 heterocycles. The van der Waals surface area contributed by atoms with Gasteiger partial charge in [0, 0.05) is 18.2 Å². The molecule has 3 nitrogen and oxygen atoms in total. The molecule has 0 bridgehead atoms. The lowest BCUT2D eigenvalue weighted by molar-refractivity contribution is 0.0215. The van der Waals surface area contributed by atoms with Crippen LogP contribution in [0.25, 0.3) is 0 Å². The fourth-order valence-electron chi connectivity index (χ4n) is 1.59. The number of rotatable bonds is 7. The van der Waals surface area contributed by atoms with Gasteiger partial charge in [0.15, 0.2) is 6.79 Å². The summed E-state index contributed by atoms with van der Waals surface area (Å²) in [6.45, 7) is 7.49. The molecule has 1 unspecified atom stereocenters. The van der Waals surface area contributed by atoms with Crippen molar-refractivity contribution in [2.24, 2.45) is 0 Å². The molecule has 0 radical (unpaired) electrons. The van der Waals surface area contributed by atoms with E-state index in [0.29, 0.717) is 12.4 Å². The Morgan fingerprint density at radius 2 is 2.12 bits per heavy atom. The number of ether oxygens (including phenoxy) is 2. The Labute approximate surface area is 102 Å². The third-order valence-corrected chi connectivity index (χ3v) is 2.45. The molecule has 0 amide bonds. The normalized spacial score (nSPS) is 12.5. The maximum Gasteiger partial charge on any atom is 0.189 e. The van der Waals surface area contributed by atoms with Crippen molar-refractivity contribution in [2.45, 2.75) is 26.8 Å². The lowest BCUT2D eigenvalue weighted by Crippen LogP contribution is -2.19. The standard InChI is InChI=1S/C13H20FNO2/c1-4-15-10(3)12-8-11(14)6-7-13(12)17-9-16-5-2/h6-8,10,15H,4-5,9H2,1-3H3. The quantitative estimate of drug-likeness (QED) is 0.588. The van der Waals surface area contributed by atoms with Crippen molar-refractivity contribution < 1.29 is 13.9 Å². The summed E-state index contributed by atoms with van der Waals surface area (Å²) >= 11 is 0. The molecule has 0 spiro atoms. The SMILES string of the molecule is CCNC(C)c1cc(F)ccc1OCOCC. The summed E-state index contributed by atoms with van der Waals surface area (Å²) in [5.41, 5.74) is 0.812. The van der Waals surface area contributed by atoms with Gasteiger partial charge in [-0.2, -0.15) is 0 Å². The summed E-state index contributed by atoms with van der Waals surface area (Å²) in [7, 11) is 0. The van der Waals surface area contributed by atoms with Gasteiger partial charge in [0.2, 0.25) is 0 Å². The van der Waals surface area contributed by atoms with Crippen LogP contribution in [0.5, 0.6) is 5.75 Å². The molecule has 1 atom stereocenters. The van der Waals surface area contributed by atoms with Crippen LogP contribution < -0.4 is 10.1 Å². The van der Waals surface area contributed by atoms with Gasteiger partial charge in [-0.3, -0.25) is 0 Å². The van der Waals surface area contributed by atoms with Gasteiger partial charge in [-0.1, -0.05) is 6.92 Å². The van der Waals surface area contributed by atoms with E-state index >= 15 is 0 Å². The lowest BCUT2D eigenvalue weighted by atomic mass is 10.1. The fourth-order valence-corrected chi connectivity index (χ4v) is 1.59. The summed E-state index contributed by atoms with van der Waals surface area (Å²) in [4.78, 5) is 0. The number of nitrogens with one attached hydrogen (secondary N) is 1. The molecule has 1 aromatic rings. The molecular weight excluding hydrogens is 221 g/mol. The van der Waals surface area contributed by atoms with Crippen LogP contribution in [0.15, 0.2) is 18.2 Å². The molecule has 1 rings (SSSR count). The van der Waals surface area contributed by atoms with E-state index in [1.807, 2.05) is 20.8 Å². The molecule has 0 aliphatic carbocycles. The predicted molar refractivity (Wildman–Crippen MR) is 65.6 cm³/mol. The number of benzene rings is 1. The van der Waals surface area contributed by atoms with Gasteiger partial charge in [0.25, 0.3) is 0 Å². The minimum absolute atomic E-state index is 0.0485. The van der Waals surface area contributed by atoms with Gasteiger partial charge in [0.05, 0.1) is 0 Å². The minimum atomic E-state index is -0.256. The minimum Gasteiger partial charge on any atom is -0.467 e. The van der Waals surface area contributed by atoms with E-state index in [2.05, 4.69) is 5.32 Å². The molecule has 0 saturated heterocycles. The van der Waals surface area contributed by atoms with E-state index in [0.717, 1.165) is 12.1 Å². The van der Waals surface area contributed by atoms with E-state index in [-0.39, 0.29) is 18.7 Å². The topological polar surface area (TPSA) is 30.5 Å². The number of hydrogen-bond donors (Lipinski definition) is 1. The Bertz CT molecular complexity index is 344. The first-order chi connectivity index (χ1) is 8.19. The molecule has 0 aliphatic heterocycles. The number of halogens is 1. The summed E-state index contributed by atoms with van der Waals surface area (Å²) < 4.78 is 23.8. The average molecular weight is 241 g/mol. The van der Waals surface area contributed by atoms with Crippen LogP contribution in [0, 0.1) is 5.82 Å². The molecule has 1 N–H and O–H groups in total. The molecule has 4 heteroatoms. The van der Waals surface area contributed by atoms with Crippen LogP contribution >= 0.6 is 0 Å². The van der Waals surface area contributed by atoms with E-state index in [9.17, 15) is 4.39 Å². The van der Waals surface area contributed by atoms with E-state index in [4.69, 9.17) is 9.47 Å². The molecular formula is C13H20FNO2. The van der Waals surface area contributed by atoms with Crippen LogP contribution in [-0.4, -0.2) is 19.9 Å². The Kier molecular flexibility index (Phi) is 5.94. The van der Waals surface area contributed by atoms with Gasteiger partial charge in [-0.05, 0) is 38.6 Å². The second kappa shape index (κ2) is 7.25. The molecule has 17 heavy (non-hydrogen) atoms. The zero-order chi connectivity index (χ0) is 12.7. The lowest BCUT2D eigenvalue weighted by Gasteiger charge is -2.17. The van der Waals surface area contributed by atoms with Crippen molar-refractivity contribution in [1.82, 2.24) is 5.32 Å². The van der Waals surface area contributed by atoms with Crippen molar-refractivity contribution >= 4 is 0 Å². The summed E-state index contributed by atoms with van der Waals surface area (Å²) in [6, 6.07) is 4.57. The maximum atomic E-state index is 13.2. The van der Waals surface area contributed by atoms with Crippen molar-refractivity contribution in [1.29, 1.82) is 0 Å². The molecule has 0 aromatic heterocycles. The van der Waals surface area contributed by atoms with Gasteiger partial charge >= 0.3 is 0 Å². The Hall–Kier alpha value is -1.13. The van der Waals surface area contributed by atoms with Gasteiger partial charge < -0.3 is 14.8 Å². The van der Waals surface area contributed by atoms with E-state index < -0.39 is 0 Å². The number of hydrogen-bond acceptors (Lipinski definition) is 3. The van der Waals surface area contributed by atoms with E-state index in [1.165, 1.54) is 12.1 Å². The highest BCUT2D eigenvalue weighted by Crippen LogP contribution is 2.26. The van der Waals surface area contributed by atoms with E-state index in [1.54, 1.807) is 6.07 Å². The first-order valence-corrected chi connectivity index (χ1v) is 5.92. The first kappa shape index (κ1) is 13.9. The zero-order valence-electron chi connectivity index (χ0n) is 10.6. The fraction of sp³-hybridized carbons (Fsp3) is 0.538. The Morgan fingerprint density at radius 1 is 1.35 bits per heavy atom. The highest BCUT2D eigenvalue weighted by Gasteiger charge is 2.12. The van der Waals surface area contributed by atoms with Crippen molar-refractivity contribution in [3.8, 4) is 5.75 Å². The van der Waals surface area contributed by atoms with Crippen molar-refractivity contribution in [2.75, 3.05) is 19.9 Å². The highest BCUT2D eigenvalue weighted by molar-refractivity contribution is 5.36. The van der Waals surface area contributed by atoms with Crippen LogP contribution in [0.1, 0.15) is 32.4 Å². The maximum absolute atomic E-state index is 13.2. The summed E-state index contributed by atoms with van der Waals surface area (Å²) in [5, 5.41) is 3.23. The van der Waals surface area contributed by atoms with Crippen LogP contribution in [0.3, 0.4) is 0 Å². The Balaban J connectivity index is 2.79. The second-order valence-electron chi connectivity index (χ2n) is 3.72. The highest BCUT2D eigenvalue weighted by atomic mass is 19.1. The third kappa shape index (κ3) is 4.32. The Morgan fingerprint density at radius 3 is 2.76 bits per heavy atom. The molecule has 0 fully saturated rings. The van der Waals surface area contributed by atoms with Crippen LogP contribution in [0.4, 0.5) is 4.39 Å². The molecule has 0 aliphatic rings. The monoisotopic (exact) mass is 241 g/mol. The predicted octanol–water partition coefficient (Wildman–Crippen LogP) is 2.87. The largest absolute Gasteiger partial charge is 0.467 e. The smallest absolute Gasteiger partial charge is 0.189 e. The van der Waals surface area contributed by atoms with Crippen molar-refractivity contribution in [3.05, 3.63) is 29.6 Å². The zero-order valence-corrected chi connectivity index (χ0v) is 10.6. The van der Waals surface area contributed by atoms with Crippen molar-refractivity contribution in [3.63, 3.8) is 0 Å². The van der Waals surface area contributed by atoms with Crippen LogP contribution in [0.2, 0.25) is 0 Å². The average Bonchev–Trinajstić information content (AvgIpc) is 2.31. The van der Waals surface area contributed by atoms with Gasteiger partial charge in [-0.15, -0.1) is 0 Å². The first-order valence-electron chi connectivity index (χ1n) is 5.92. The molecule has 96 valence electrons. The summed E-state index contributed by atoms with van der Waals surface area (Å²) in [6.07, 6.45) is 0. The van der Waals surface area contributed by atoms with Crippen LogP contribution in [-0.2, 0) is 4.74 Å². The van der Waals surface area contributed by atoms with Gasteiger partial charge in [-0.25, -0.2) is 4.39 Å². The molecule has 0 saturated carbocycles.